The predicted molar refractivity (Wildman–Crippen MR) is 52.8 cm³/mol. The van der Waals surface area contributed by atoms with Gasteiger partial charge in [0.05, 0.1) is 0 Å². The van der Waals surface area contributed by atoms with Crippen molar-refractivity contribution in [2.75, 3.05) is 6.73 Å². The smallest absolute Gasteiger partial charge is 0.326 e. The highest BCUT2D eigenvalue weighted by molar-refractivity contribution is 6.07. The topological polar surface area (TPSA) is 69.6 Å². The number of nitrogens with zero attached hydrogens (tertiary/aromatic N) is 1. The molecule has 2 unspecified atom stereocenters. The highest BCUT2D eigenvalue weighted by atomic mass is 16.3. The second-order valence-corrected chi connectivity index (χ2v) is 4.42. The normalized spacial score (nSPS) is 36.1. The maximum absolute atomic E-state index is 12.0. The number of urea groups is 1. The van der Waals surface area contributed by atoms with Crippen LogP contribution in [0.3, 0.4) is 0 Å². The van der Waals surface area contributed by atoms with Crippen LogP contribution >= 0.6 is 0 Å². The quantitative estimate of drug-likeness (QED) is 0.619. The van der Waals surface area contributed by atoms with Gasteiger partial charge >= 0.3 is 6.03 Å². The van der Waals surface area contributed by atoms with Crippen molar-refractivity contribution in [1.82, 2.24) is 10.2 Å². The number of hydrogen-bond acceptors (Lipinski definition) is 3. The van der Waals surface area contributed by atoms with Gasteiger partial charge in [-0.2, -0.15) is 0 Å². The maximum Gasteiger partial charge on any atom is 0.326 e. The second-order valence-electron chi connectivity index (χ2n) is 4.42. The molecule has 2 fully saturated rings. The minimum absolute atomic E-state index is 0.152. The van der Waals surface area contributed by atoms with E-state index in [2.05, 4.69) is 5.32 Å². The molecule has 1 spiro atoms. The zero-order valence-corrected chi connectivity index (χ0v) is 8.82. The van der Waals surface area contributed by atoms with E-state index in [1.54, 1.807) is 0 Å². The first-order chi connectivity index (χ1) is 7.12. The Labute approximate surface area is 88.4 Å². The van der Waals surface area contributed by atoms with Gasteiger partial charge in [0.1, 0.15) is 12.3 Å². The van der Waals surface area contributed by atoms with E-state index in [0.29, 0.717) is 6.42 Å². The number of carbonyl (C=O) groups excluding carboxylic acids is 2. The van der Waals surface area contributed by atoms with E-state index < -0.39 is 18.3 Å². The summed E-state index contributed by atoms with van der Waals surface area (Å²) in [7, 11) is 0. The summed E-state index contributed by atoms with van der Waals surface area (Å²) in [6, 6.07) is -0.462. The van der Waals surface area contributed by atoms with Crippen molar-refractivity contribution in [1.29, 1.82) is 0 Å². The fourth-order valence-corrected chi connectivity index (χ4v) is 2.62. The highest BCUT2D eigenvalue weighted by Crippen LogP contribution is 2.37. The van der Waals surface area contributed by atoms with Gasteiger partial charge in [0, 0.05) is 0 Å². The van der Waals surface area contributed by atoms with E-state index in [-0.39, 0.29) is 11.8 Å². The van der Waals surface area contributed by atoms with E-state index >= 15 is 0 Å². The number of rotatable bonds is 1. The van der Waals surface area contributed by atoms with Crippen molar-refractivity contribution in [2.45, 2.75) is 38.1 Å². The predicted octanol–water partition coefficient (Wildman–Crippen LogP) is 0.437. The SMILES string of the molecule is CC1CCCCC12NC(=O)N(CO)C2=O. The minimum Gasteiger partial charge on any atom is -0.376 e. The molecule has 0 radical (unpaired) electrons. The molecule has 2 atom stereocenters. The van der Waals surface area contributed by atoms with E-state index in [0.717, 1.165) is 24.2 Å². The summed E-state index contributed by atoms with van der Waals surface area (Å²) >= 11 is 0. The molecule has 2 aliphatic rings. The lowest BCUT2D eigenvalue weighted by Crippen LogP contribution is -2.53. The van der Waals surface area contributed by atoms with E-state index in [4.69, 9.17) is 5.11 Å². The number of imide groups is 1. The van der Waals surface area contributed by atoms with Gasteiger partial charge in [-0.3, -0.25) is 4.79 Å². The van der Waals surface area contributed by atoms with Crippen LogP contribution in [0.2, 0.25) is 0 Å². The summed E-state index contributed by atoms with van der Waals surface area (Å²) in [6.07, 6.45) is 3.70. The van der Waals surface area contributed by atoms with Gasteiger partial charge in [0.2, 0.25) is 0 Å². The molecule has 2 rings (SSSR count). The number of aliphatic hydroxyl groups excluding tert-OH is 1. The number of nitrogens with one attached hydrogen (secondary N) is 1. The minimum atomic E-state index is -0.738. The Morgan fingerprint density at radius 2 is 2.27 bits per heavy atom. The Morgan fingerprint density at radius 3 is 2.80 bits per heavy atom. The average molecular weight is 212 g/mol. The van der Waals surface area contributed by atoms with Crippen LogP contribution in [0.4, 0.5) is 4.79 Å². The Kier molecular flexibility index (Phi) is 2.42. The van der Waals surface area contributed by atoms with Crippen molar-refractivity contribution in [3.8, 4) is 0 Å². The van der Waals surface area contributed by atoms with Crippen LogP contribution in [0.5, 0.6) is 0 Å². The molecule has 1 heterocycles. The highest BCUT2D eigenvalue weighted by Gasteiger charge is 2.54. The molecular formula is C10H16N2O3. The molecule has 5 heteroatoms. The average Bonchev–Trinajstić information content (AvgIpc) is 2.45. The molecule has 3 amide bonds. The third-order valence-electron chi connectivity index (χ3n) is 3.64. The fourth-order valence-electron chi connectivity index (χ4n) is 2.62. The molecule has 1 saturated heterocycles. The standard InChI is InChI=1S/C10H16N2O3/c1-7-4-2-3-5-10(7)8(14)12(6-13)9(15)11-10/h7,13H,2-6H2,1H3,(H,11,15). The third kappa shape index (κ3) is 1.33. The second kappa shape index (κ2) is 3.48. The van der Waals surface area contributed by atoms with Gasteiger partial charge < -0.3 is 10.4 Å². The maximum atomic E-state index is 12.0. The molecule has 0 bridgehead atoms. The summed E-state index contributed by atoms with van der Waals surface area (Å²) in [4.78, 5) is 24.4. The number of aliphatic hydroxyl groups is 1. The molecule has 5 nitrogen and oxygen atoms in total. The fraction of sp³-hybridized carbons (Fsp3) is 0.800. The van der Waals surface area contributed by atoms with Gasteiger partial charge in [-0.1, -0.05) is 19.8 Å². The molecule has 0 aromatic carbocycles. The summed E-state index contributed by atoms with van der Waals surface area (Å²) in [5.74, 6) is -0.110. The van der Waals surface area contributed by atoms with Crippen LogP contribution < -0.4 is 5.32 Å². The van der Waals surface area contributed by atoms with Gasteiger partial charge in [-0.15, -0.1) is 0 Å². The number of hydrogen-bond donors (Lipinski definition) is 2. The van der Waals surface area contributed by atoms with E-state index in [9.17, 15) is 9.59 Å². The molecular weight excluding hydrogens is 196 g/mol. The van der Waals surface area contributed by atoms with E-state index in [1.807, 2.05) is 6.92 Å². The molecule has 2 N–H and O–H groups in total. The van der Waals surface area contributed by atoms with Crippen molar-refractivity contribution < 1.29 is 14.7 Å². The van der Waals surface area contributed by atoms with Crippen LogP contribution in [0.25, 0.3) is 0 Å². The van der Waals surface area contributed by atoms with Crippen LogP contribution in [0.15, 0.2) is 0 Å². The molecule has 15 heavy (non-hydrogen) atoms. The van der Waals surface area contributed by atoms with Crippen molar-refractivity contribution in [2.24, 2.45) is 5.92 Å². The molecule has 1 aliphatic heterocycles. The Balaban J connectivity index is 2.29. The molecule has 1 saturated carbocycles. The number of amides is 3. The summed E-state index contributed by atoms with van der Waals surface area (Å²) in [5, 5.41) is 11.7. The van der Waals surface area contributed by atoms with Gasteiger partial charge in [-0.05, 0) is 18.8 Å². The Hall–Kier alpha value is -1.10. The monoisotopic (exact) mass is 212 g/mol. The first-order valence-corrected chi connectivity index (χ1v) is 5.37. The molecule has 0 aromatic heterocycles. The summed E-state index contributed by atoms with van der Waals surface area (Å²) in [6.45, 7) is 1.46. The van der Waals surface area contributed by atoms with Crippen LogP contribution in [0.1, 0.15) is 32.6 Å². The first-order valence-electron chi connectivity index (χ1n) is 5.37. The molecule has 84 valence electrons. The van der Waals surface area contributed by atoms with Crippen molar-refractivity contribution in [3.05, 3.63) is 0 Å². The first kappa shape index (κ1) is 10.4. The number of carbonyl (C=O) groups is 2. The van der Waals surface area contributed by atoms with E-state index in [1.165, 1.54) is 0 Å². The largest absolute Gasteiger partial charge is 0.376 e. The summed E-state index contributed by atoms with van der Waals surface area (Å²) < 4.78 is 0. The van der Waals surface area contributed by atoms with Crippen LogP contribution in [-0.4, -0.2) is 34.2 Å². The zero-order valence-electron chi connectivity index (χ0n) is 8.82. The molecule has 1 aliphatic carbocycles. The zero-order chi connectivity index (χ0) is 11.1. The van der Waals surface area contributed by atoms with Crippen molar-refractivity contribution >= 4 is 11.9 Å². The lowest BCUT2D eigenvalue weighted by Gasteiger charge is -2.36. The van der Waals surface area contributed by atoms with Crippen molar-refractivity contribution in [3.63, 3.8) is 0 Å². The lowest BCUT2D eigenvalue weighted by atomic mass is 9.73. The third-order valence-corrected chi connectivity index (χ3v) is 3.64. The Morgan fingerprint density at radius 1 is 1.53 bits per heavy atom. The van der Waals surface area contributed by atoms with Gasteiger partial charge in [0.25, 0.3) is 5.91 Å². The lowest BCUT2D eigenvalue weighted by molar-refractivity contribution is -0.136. The molecule has 0 aromatic rings. The Bertz CT molecular complexity index is 305. The summed E-state index contributed by atoms with van der Waals surface area (Å²) in [5.41, 5.74) is -0.738. The van der Waals surface area contributed by atoms with Gasteiger partial charge in [-0.25, -0.2) is 9.69 Å². The van der Waals surface area contributed by atoms with Crippen LogP contribution in [-0.2, 0) is 4.79 Å². The van der Waals surface area contributed by atoms with Gasteiger partial charge in [0.15, 0.2) is 0 Å². The van der Waals surface area contributed by atoms with Crippen LogP contribution in [0, 0.1) is 5.92 Å².